The lowest BCUT2D eigenvalue weighted by molar-refractivity contribution is -0.139. The van der Waals surface area contributed by atoms with Gasteiger partial charge in [-0.1, -0.05) is 26.2 Å². The summed E-state index contributed by atoms with van der Waals surface area (Å²) < 4.78 is 0. The van der Waals surface area contributed by atoms with Crippen LogP contribution in [0.4, 0.5) is 0 Å². The zero-order valence-electron chi connectivity index (χ0n) is 18.3. The van der Waals surface area contributed by atoms with Crippen molar-refractivity contribution in [2.75, 3.05) is 19.6 Å². The van der Waals surface area contributed by atoms with Gasteiger partial charge in [0.25, 0.3) is 0 Å². The third kappa shape index (κ3) is 7.43. The number of halogens is 1. The van der Waals surface area contributed by atoms with E-state index in [0.29, 0.717) is 24.3 Å². The molecular formula is C23H42ClN3O2. The van der Waals surface area contributed by atoms with Crippen LogP contribution in [-0.4, -0.2) is 48.4 Å². The topological polar surface area (TPSA) is 61.4 Å². The molecule has 0 spiro atoms. The lowest BCUT2D eigenvalue weighted by Gasteiger charge is -2.38. The van der Waals surface area contributed by atoms with E-state index in [1.807, 2.05) is 0 Å². The zero-order valence-corrected chi connectivity index (χ0v) is 19.1. The second-order valence-electron chi connectivity index (χ2n) is 9.34. The number of hydrogen-bond donors (Lipinski definition) is 2. The summed E-state index contributed by atoms with van der Waals surface area (Å²) in [5.74, 6) is 1.37. The van der Waals surface area contributed by atoms with Crippen LogP contribution in [0.2, 0.25) is 0 Å². The van der Waals surface area contributed by atoms with Crippen LogP contribution >= 0.6 is 12.4 Å². The molecule has 2 saturated carbocycles. The molecule has 1 saturated heterocycles. The van der Waals surface area contributed by atoms with Crippen molar-refractivity contribution < 1.29 is 9.59 Å². The number of piperidine rings is 1. The molecule has 0 radical (unpaired) electrons. The van der Waals surface area contributed by atoms with E-state index in [4.69, 9.17) is 0 Å². The van der Waals surface area contributed by atoms with Gasteiger partial charge >= 0.3 is 0 Å². The van der Waals surface area contributed by atoms with Crippen molar-refractivity contribution in [2.24, 2.45) is 11.8 Å². The molecule has 0 aromatic heterocycles. The molecule has 168 valence electrons. The van der Waals surface area contributed by atoms with Crippen LogP contribution in [0.15, 0.2) is 0 Å². The van der Waals surface area contributed by atoms with Gasteiger partial charge in [-0.2, -0.15) is 0 Å². The molecule has 1 heterocycles. The predicted octanol–water partition coefficient (Wildman–Crippen LogP) is 4.04. The summed E-state index contributed by atoms with van der Waals surface area (Å²) in [5, 5.41) is 6.68. The highest BCUT2D eigenvalue weighted by Gasteiger charge is 2.33. The maximum absolute atomic E-state index is 13.2. The van der Waals surface area contributed by atoms with Crippen molar-refractivity contribution in [2.45, 2.75) is 102 Å². The van der Waals surface area contributed by atoms with Gasteiger partial charge in [0.1, 0.15) is 0 Å². The minimum absolute atomic E-state index is 0. The first-order chi connectivity index (χ1) is 13.7. The quantitative estimate of drug-likeness (QED) is 0.644. The van der Waals surface area contributed by atoms with Gasteiger partial charge in [-0.25, -0.2) is 0 Å². The number of carbonyl (C=O) groups excluding carboxylic acids is 2. The van der Waals surface area contributed by atoms with E-state index >= 15 is 0 Å². The molecule has 3 rings (SSSR count). The van der Waals surface area contributed by atoms with Gasteiger partial charge in [-0.05, 0) is 76.8 Å². The predicted molar refractivity (Wildman–Crippen MR) is 120 cm³/mol. The first kappa shape index (κ1) is 24.5. The number of nitrogens with zero attached hydrogens (tertiary/aromatic N) is 1. The smallest absolute Gasteiger partial charge is 0.225 e. The molecule has 2 N–H and O–H groups in total. The summed E-state index contributed by atoms with van der Waals surface area (Å²) >= 11 is 0. The molecule has 3 aliphatic rings. The van der Waals surface area contributed by atoms with Crippen molar-refractivity contribution in [3.8, 4) is 0 Å². The second-order valence-corrected chi connectivity index (χ2v) is 9.34. The van der Waals surface area contributed by atoms with E-state index in [9.17, 15) is 9.59 Å². The Balaban J connectivity index is 0.00000300. The highest BCUT2D eigenvalue weighted by Crippen LogP contribution is 2.29. The van der Waals surface area contributed by atoms with Crippen LogP contribution in [0.3, 0.4) is 0 Å². The van der Waals surface area contributed by atoms with Gasteiger partial charge in [0.05, 0.1) is 0 Å². The third-order valence-electron chi connectivity index (χ3n) is 7.14. The minimum Gasteiger partial charge on any atom is -0.353 e. The van der Waals surface area contributed by atoms with Gasteiger partial charge in [0, 0.05) is 31.0 Å². The Kier molecular flexibility index (Phi) is 10.8. The van der Waals surface area contributed by atoms with E-state index < -0.39 is 0 Å². The lowest BCUT2D eigenvalue weighted by Crippen LogP contribution is -2.49. The van der Waals surface area contributed by atoms with Crippen LogP contribution < -0.4 is 10.6 Å². The van der Waals surface area contributed by atoms with Crippen molar-refractivity contribution in [3.05, 3.63) is 0 Å². The maximum atomic E-state index is 13.2. The standard InChI is InChI=1S/C23H41N3O2.ClH/c1-2-16-26(21-12-14-24-15-13-21)23(28)19-8-10-20(11-9-19)25-22(27)17-18-6-4-3-5-7-18;/h18-21,24H,2-17H2,1H3,(H,25,27);1H. The first-order valence-corrected chi connectivity index (χ1v) is 12.0. The molecular weight excluding hydrogens is 386 g/mol. The van der Waals surface area contributed by atoms with Crippen LogP contribution in [0.1, 0.15) is 90.4 Å². The number of amides is 2. The maximum Gasteiger partial charge on any atom is 0.225 e. The van der Waals surface area contributed by atoms with E-state index in [1.165, 1.54) is 32.1 Å². The molecule has 0 unspecified atom stereocenters. The number of nitrogens with one attached hydrogen (secondary N) is 2. The summed E-state index contributed by atoms with van der Waals surface area (Å²) in [6.07, 6.45) is 14.0. The lowest BCUT2D eigenvalue weighted by atomic mass is 9.84. The highest BCUT2D eigenvalue weighted by atomic mass is 35.5. The Hall–Kier alpha value is -0.810. The Morgan fingerprint density at radius 3 is 2.21 bits per heavy atom. The van der Waals surface area contributed by atoms with Gasteiger partial charge in [-0.3, -0.25) is 9.59 Å². The fourth-order valence-electron chi connectivity index (χ4n) is 5.49. The van der Waals surface area contributed by atoms with Gasteiger partial charge in [0.15, 0.2) is 0 Å². The molecule has 0 aromatic rings. The van der Waals surface area contributed by atoms with E-state index in [2.05, 4.69) is 22.5 Å². The Labute approximate surface area is 183 Å². The first-order valence-electron chi connectivity index (χ1n) is 12.0. The molecule has 29 heavy (non-hydrogen) atoms. The van der Waals surface area contributed by atoms with Crippen LogP contribution in [0.25, 0.3) is 0 Å². The highest BCUT2D eigenvalue weighted by molar-refractivity contribution is 5.85. The van der Waals surface area contributed by atoms with E-state index in [0.717, 1.165) is 64.6 Å². The summed E-state index contributed by atoms with van der Waals surface area (Å²) in [6.45, 7) is 5.11. The van der Waals surface area contributed by atoms with Gasteiger partial charge in [0.2, 0.25) is 11.8 Å². The molecule has 5 nitrogen and oxygen atoms in total. The number of rotatable bonds is 7. The van der Waals surface area contributed by atoms with Gasteiger partial charge in [-0.15, -0.1) is 12.4 Å². The average molecular weight is 428 g/mol. The molecule has 1 aliphatic heterocycles. The van der Waals surface area contributed by atoms with Crippen LogP contribution in [0, 0.1) is 11.8 Å². The van der Waals surface area contributed by atoms with Crippen LogP contribution in [0.5, 0.6) is 0 Å². The summed E-state index contributed by atoms with van der Waals surface area (Å²) in [6, 6.07) is 0.695. The molecule has 2 aliphatic carbocycles. The van der Waals surface area contributed by atoms with Crippen molar-refractivity contribution in [1.29, 1.82) is 0 Å². The fraction of sp³-hybridized carbons (Fsp3) is 0.913. The Morgan fingerprint density at radius 1 is 0.931 bits per heavy atom. The van der Waals surface area contributed by atoms with Crippen molar-refractivity contribution >= 4 is 24.2 Å². The van der Waals surface area contributed by atoms with Crippen molar-refractivity contribution in [3.63, 3.8) is 0 Å². The molecule has 6 heteroatoms. The third-order valence-corrected chi connectivity index (χ3v) is 7.14. The number of hydrogen-bond acceptors (Lipinski definition) is 3. The zero-order chi connectivity index (χ0) is 19.8. The van der Waals surface area contributed by atoms with Gasteiger partial charge < -0.3 is 15.5 Å². The number of carbonyl (C=O) groups is 2. The molecule has 0 atom stereocenters. The van der Waals surface area contributed by atoms with Crippen LogP contribution in [-0.2, 0) is 9.59 Å². The fourth-order valence-corrected chi connectivity index (χ4v) is 5.49. The SMILES string of the molecule is CCCN(C(=O)C1CCC(NC(=O)CC2CCCCC2)CC1)C1CCNCC1.Cl. The summed E-state index contributed by atoms with van der Waals surface area (Å²) in [7, 11) is 0. The molecule has 0 aromatic carbocycles. The second kappa shape index (κ2) is 12.8. The van der Waals surface area contributed by atoms with E-state index in [1.54, 1.807) is 0 Å². The molecule has 2 amide bonds. The minimum atomic E-state index is 0. The summed E-state index contributed by atoms with van der Waals surface area (Å²) in [5.41, 5.74) is 0. The Morgan fingerprint density at radius 2 is 1.59 bits per heavy atom. The molecule has 0 bridgehead atoms. The largest absolute Gasteiger partial charge is 0.353 e. The Bertz CT molecular complexity index is 496. The average Bonchev–Trinajstić information content (AvgIpc) is 2.73. The summed E-state index contributed by atoms with van der Waals surface area (Å²) in [4.78, 5) is 27.8. The normalized spacial score (nSPS) is 26.4. The van der Waals surface area contributed by atoms with E-state index in [-0.39, 0.29) is 30.3 Å². The van der Waals surface area contributed by atoms with Crippen molar-refractivity contribution in [1.82, 2.24) is 15.5 Å². The molecule has 3 fully saturated rings. The monoisotopic (exact) mass is 427 g/mol.